The number of carbonyl (C=O) groups is 1. The zero-order valence-corrected chi connectivity index (χ0v) is 14.5. The number of rotatable bonds is 3. The smallest absolute Gasteiger partial charge is 0.410 e. The lowest BCUT2D eigenvalue weighted by Crippen LogP contribution is -2.56. The van der Waals surface area contributed by atoms with E-state index < -0.39 is 5.60 Å². The lowest BCUT2D eigenvalue weighted by molar-refractivity contribution is -0.118. The van der Waals surface area contributed by atoms with E-state index in [-0.39, 0.29) is 18.1 Å². The van der Waals surface area contributed by atoms with Crippen molar-refractivity contribution < 1.29 is 19.4 Å². The van der Waals surface area contributed by atoms with E-state index in [0.29, 0.717) is 19.6 Å². The highest BCUT2D eigenvalue weighted by Crippen LogP contribution is 2.50. The highest BCUT2D eigenvalue weighted by atomic mass is 16.6. The molecule has 5 nitrogen and oxygen atoms in total. The maximum atomic E-state index is 12.5. The van der Waals surface area contributed by atoms with E-state index in [0.717, 1.165) is 37.0 Å². The van der Waals surface area contributed by atoms with Gasteiger partial charge in [0.05, 0.1) is 25.4 Å². The molecule has 0 spiro atoms. The van der Waals surface area contributed by atoms with E-state index in [1.165, 1.54) is 0 Å². The Morgan fingerprint density at radius 3 is 2.88 bits per heavy atom. The Morgan fingerprint density at radius 2 is 2.12 bits per heavy atom. The molecule has 5 heteroatoms. The van der Waals surface area contributed by atoms with Gasteiger partial charge in [-0.05, 0) is 32.3 Å². The number of aliphatic hydroxyl groups is 1. The minimum Gasteiger partial charge on any atom is -0.496 e. The second-order valence-corrected chi connectivity index (χ2v) is 6.78. The van der Waals surface area contributed by atoms with Gasteiger partial charge in [-0.3, -0.25) is 0 Å². The number of carbonyl (C=O) groups excluding carboxylic acids is 1. The molecule has 132 valence electrons. The molecule has 1 amide bonds. The number of nitrogens with zero attached hydrogens (tertiary/aromatic N) is 1. The van der Waals surface area contributed by atoms with E-state index in [1.807, 2.05) is 31.2 Å². The van der Waals surface area contributed by atoms with Gasteiger partial charge in [0.1, 0.15) is 5.75 Å². The molecule has 24 heavy (non-hydrogen) atoms. The summed E-state index contributed by atoms with van der Waals surface area (Å²) in [5.74, 6) is 0.771. The van der Waals surface area contributed by atoms with Crippen molar-refractivity contribution in [3.05, 3.63) is 29.8 Å². The summed E-state index contributed by atoms with van der Waals surface area (Å²) in [7, 11) is 1.64. The maximum Gasteiger partial charge on any atom is 0.410 e. The quantitative estimate of drug-likeness (QED) is 0.919. The number of ether oxygens (including phenoxy) is 2. The third kappa shape index (κ3) is 2.97. The molecule has 0 unspecified atom stereocenters. The van der Waals surface area contributed by atoms with Gasteiger partial charge in [-0.1, -0.05) is 31.0 Å². The van der Waals surface area contributed by atoms with Crippen molar-refractivity contribution in [2.24, 2.45) is 5.92 Å². The molecule has 0 bridgehead atoms. The number of hydrogen-bond donors (Lipinski definition) is 1. The van der Waals surface area contributed by atoms with Crippen molar-refractivity contribution in [1.82, 2.24) is 4.90 Å². The highest BCUT2D eigenvalue weighted by Gasteiger charge is 2.51. The third-order valence-corrected chi connectivity index (χ3v) is 5.53. The number of para-hydroxylation sites is 1. The molecule has 2 fully saturated rings. The van der Waals surface area contributed by atoms with E-state index in [9.17, 15) is 9.90 Å². The van der Waals surface area contributed by atoms with Crippen LogP contribution in [0.5, 0.6) is 5.75 Å². The first-order valence-corrected chi connectivity index (χ1v) is 8.89. The average molecular weight is 333 g/mol. The van der Waals surface area contributed by atoms with Crippen LogP contribution >= 0.6 is 0 Å². The number of likely N-dealkylation sites (tertiary alicyclic amines) is 1. The lowest BCUT2D eigenvalue weighted by Gasteiger charge is -2.52. The molecular formula is C19H27NO4. The van der Waals surface area contributed by atoms with Gasteiger partial charge in [0.15, 0.2) is 0 Å². The van der Waals surface area contributed by atoms with Gasteiger partial charge >= 0.3 is 6.09 Å². The molecular weight excluding hydrogens is 306 g/mol. The number of amides is 1. The van der Waals surface area contributed by atoms with E-state index >= 15 is 0 Å². The van der Waals surface area contributed by atoms with Crippen molar-refractivity contribution in [2.45, 2.75) is 50.7 Å². The van der Waals surface area contributed by atoms with Crippen LogP contribution in [0.3, 0.4) is 0 Å². The summed E-state index contributed by atoms with van der Waals surface area (Å²) in [6.07, 6.45) is 4.15. The molecule has 1 N–H and O–H groups in total. The molecule has 2 aliphatic rings. The summed E-state index contributed by atoms with van der Waals surface area (Å²) in [4.78, 5) is 14.3. The van der Waals surface area contributed by atoms with Gasteiger partial charge in [-0.15, -0.1) is 0 Å². The first-order valence-electron chi connectivity index (χ1n) is 8.89. The molecule has 1 aliphatic heterocycles. The van der Waals surface area contributed by atoms with Crippen LogP contribution < -0.4 is 4.74 Å². The van der Waals surface area contributed by atoms with Crippen molar-refractivity contribution in [3.8, 4) is 5.75 Å². The monoisotopic (exact) mass is 333 g/mol. The van der Waals surface area contributed by atoms with Gasteiger partial charge < -0.3 is 19.5 Å². The molecule has 1 aromatic carbocycles. The number of hydrogen-bond acceptors (Lipinski definition) is 4. The van der Waals surface area contributed by atoms with Crippen LogP contribution in [0.25, 0.3) is 0 Å². The van der Waals surface area contributed by atoms with Crippen molar-refractivity contribution >= 4 is 6.09 Å². The molecule has 1 heterocycles. The lowest BCUT2D eigenvalue weighted by atomic mass is 9.66. The topological polar surface area (TPSA) is 59.0 Å². The summed E-state index contributed by atoms with van der Waals surface area (Å²) in [5.41, 5.74) is 0.255. The molecule has 0 radical (unpaired) electrons. The zero-order valence-electron chi connectivity index (χ0n) is 14.5. The molecule has 1 aromatic rings. The minimum atomic E-state index is -0.702. The van der Waals surface area contributed by atoms with Crippen LogP contribution in [0.4, 0.5) is 4.79 Å². The summed E-state index contributed by atoms with van der Waals surface area (Å²) in [5, 5.41) is 11.2. The normalized spacial score (nSPS) is 29.7. The third-order valence-electron chi connectivity index (χ3n) is 5.53. The fourth-order valence-electron chi connectivity index (χ4n) is 4.39. The SMILES string of the molecule is CCOC(=O)N1CC[C@]2(O)CCCC[C@H]2[C@@H]1c1ccccc1OC. The number of methoxy groups -OCH3 is 1. The Kier molecular flexibility index (Phi) is 4.99. The first-order chi connectivity index (χ1) is 11.6. The number of piperidine rings is 1. The fourth-order valence-corrected chi connectivity index (χ4v) is 4.39. The second kappa shape index (κ2) is 7.01. The Balaban J connectivity index is 2.03. The molecule has 1 saturated heterocycles. The van der Waals surface area contributed by atoms with Crippen LogP contribution in [0, 0.1) is 5.92 Å². The van der Waals surface area contributed by atoms with Gasteiger partial charge in [-0.25, -0.2) is 4.79 Å². The molecule has 0 aromatic heterocycles. The minimum absolute atomic E-state index is 0.0145. The predicted molar refractivity (Wildman–Crippen MR) is 91.0 cm³/mol. The Morgan fingerprint density at radius 1 is 1.33 bits per heavy atom. The number of fused-ring (bicyclic) bond motifs is 1. The van der Waals surface area contributed by atoms with Gasteiger partial charge in [0.25, 0.3) is 0 Å². The largest absolute Gasteiger partial charge is 0.496 e. The van der Waals surface area contributed by atoms with Gasteiger partial charge in [-0.2, -0.15) is 0 Å². The summed E-state index contributed by atoms with van der Waals surface area (Å²) in [6.45, 7) is 2.67. The molecule has 3 rings (SSSR count). The van der Waals surface area contributed by atoms with Crippen LogP contribution in [0.2, 0.25) is 0 Å². The number of benzene rings is 1. The van der Waals surface area contributed by atoms with Crippen molar-refractivity contribution in [3.63, 3.8) is 0 Å². The fraction of sp³-hybridized carbons (Fsp3) is 0.632. The van der Waals surface area contributed by atoms with E-state index in [4.69, 9.17) is 9.47 Å². The Labute approximate surface area is 143 Å². The molecule has 1 saturated carbocycles. The standard InChI is InChI=1S/C19H27NO4/c1-3-24-18(21)20-13-12-19(22)11-7-6-9-15(19)17(20)14-8-4-5-10-16(14)23-2/h4-5,8,10,15,17,22H,3,6-7,9,11-13H2,1-2H3/t15-,17-,19+/m0/s1. The predicted octanol–water partition coefficient (Wildman–Crippen LogP) is 3.52. The van der Waals surface area contributed by atoms with Crippen LogP contribution in [0.15, 0.2) is 24.3 Å². The Hall–Kier alpha value is -1.75. The van der Waals surface area contributed by atoms with Gasteiger partial charge in [0, 0.05) is 18.0 Å². The Bertz CT molecular complexity index is 590. The highest BCUT2D eigenvalue weighted by molar-refractivity contribution is 5.69. The summed E-state index contributed by atoms with van der Waals surface area (Å²) in [6, 6.07) is 7.58. The average Bonchev–Trinajstić information content (AvgIpc) is 2.60. The van der Waals surface area contributed by atoms with Gasteiger partial charge in [0.2, 0.25) is 0 Å². The van der Waals surface area contributed by atoms with Crippen LogP contribution in [0.1, 0.15) is 50.6 Å². The summed E-state index contributed by atoms with van der Waals surface area (Å²) < 4.78 is 10.8. The summed E-state index contributed by atoms with van der Waals surface area (Å²) >= 11 is 0. The van der Waals surface area contributed by atoms with Crippen molar-refractivity contribution in [2.75, 3.05) is 20.3 Å². The zero-order chi connectivity index (χ0) is 17.2. The van der Waals surface area contributed by atoms with E-state index in [2.05, 4.69) is 0 Å². The van der Waals surface area contributed by atoms with Crippen LogP contribution in [-0.2, 0) is 4.74 Å². The first kappa shape index (κ1) is 17.1. The maximum absolute atomic E-state index is 12.5. The second-order valence-electron chi connectivity index (χ2n) is 6.78. The van der Waals surface area contributed by atoms with E-state index in [1.54, 1.807) is 12.0 Å². The van der Waals surface area contributed by atoms with Crippen LogP contribution in [-0.4, -0.2) is 42.0 Å². The van der Waals surface area contributed by atoms with Crippen molar-refractivity contribution in [1.29, 1.82) is 0 Å². The molecule has 1 aliphatic carbocycles. The molecule has 3 atom stereocenters.